The smallest absolute Gasteiger partial charge is 0.338 e. The first-order valence-electron chi connectivity index (χ1n) is 6.27. The molecule has 1 N–H and O–H groups in total. The van der Waals surface area contributed by atoms with Gasteiger partial charge >= 0.3 is 5.97 Å². The Bertz CT molecular complexity index is 462. The van der Waals surface area contributed by atoms with Crippen LogP contribution in [0.4, 0.5) is 0 Å². The van der Waals surface area contributed by atoms with Gasteiger partial charge in [0.25, 0.3) is 0 Å². The summed E-state index contributed by atoms with van der Waals surface area (Å²) in [5.41, 5.74) is 4.49. The lowest BCUT2D eigenvalue weighted by molar-refractivity contribution is 0.0535. The van der Waals surface area contributed by atoms with Crippen LogP contribution in [0.25, 0.3) is 0 Å². The maximum Gasteiger partial charge on any atom is 0.338 e. The van der Waals surface area contributed by atoms with Crippen LogP contribution in [0.1, 0.15) is 45.8 Å². The normalized spacial score (nSPS) is 23.4. The molecule has 0 saturated carbocycles. The van der Waals surface area contributed by atoms with Crippen molar-refractivity contribution in [2.24, 2.45) is 0 Å². The minimum atomic E-state index is -0.170. The van der Waals surface area contributed by atoms with Crippen molar-refractivity contribution >= 4 is 5.97 Å². The molecular formula is C14H17NO2. The molecule has 2 heterocycles. The van der Waals surface area contributed by atoms with Crippen LogP contribution < -0.4 is 5.32 Å². The highest BCUT2D eigenvalue weighted by atomic mass is 16.5. The summed E-state index contributed by atoms with van der Waals surface area (Å²) in [7, 11) is 0. The average Bonchev–Trinajstić information content (AvgIpc) is 2.74. The molecule has 0 radical (unpaired) electrons. The number of fused-ring (bicyclic) bond motifs is 1. The van der Waals surface area contributed by atoms with Crippen molar-refractivity contribution in [1.82, 2.24) is 5.32 Å². The Labute approximate surface area is 101 Å². The Hall–Kier alpha value is -1.35. The maximum atomic E-state index is 11.5. The van der Waals surface area contributed by atoms with Gasteiger partial charge in [0.05, 0.1) is 5.56 Å². The van der Waals surface area contributed by atoms with Crippen LogP contribution in [0.2, 0.25) is 0 Å². The van der Waals surface area contributed by atoms with Gasteiger partial charge in [0.1, 0.15) is 6.61 Å². The van der Waals surface area contributed by atoms with Crippen LogP contribution in [-0.4, -0.2) is 19.1 Å². The van der Waals surface area contributed by atoms with E-state index in [9.17, 15) is 4.79 Å². The first kappa shape index (κ1) is 10.8. The zero-order chi connectivity index (χ0) is 11.8. The van der Waals surface area contributed by atoms with E-state index in [1.807, 2.05) is 6.07 Å². The molecule has 1 aromatic carbocycles. The predicted molar refractivity (Wildman–Crippen MR) is 65.1 cm³/mol. The number of nitrogens with one attached hydrogen (secondary N) is 1. The van der Waals surface area contributed by atoms with Gasteiger partial charge in [-0.25, -0.2) is 4.79 Å². The molecule has 3 rings (SSSR count). The van der Waals surface area contributed by atoms with Gasteiger partial charge in [0, 0.05) is 12.1 Å². The zero-order valence-electron chi connectivity index (χ0n) is 10.1. The highest BCUT2D eigenvalue weighted by Gasteiger charge is 2.26. The number of rotatable bonds is 1. The van der Waals surface area contributed by atoms with E-state index in [0.717, 1.165) is 24.2 Å². The summed E-state index contributed by atoms with van der Waals surface area (Å²) in [6, 6.07) is 4.04. The van der Waals surface area contributed by atoms with E-state index in [1.165, 1.54) is 24.0 Å². The summed E-state index contributed by atoms with van der Waals surface area (Å²) < 4.78 is 5.09. The van der Waals surface area contributed by atoms with E-state index in [2.05, 4.69) is 18.3 Å². The van der Waals surface area contributed by atoms with Crippen molar-refractivity contribution in [3.8, 4) is 0 Å². The SMILES string of the molecule is Cc1c(C2CCCNC2)ccc2c1COC2=O. The molecule has 2 aliphatic heterocycles. The predicted octanol–water partition coefficient (Wildman–Crippen LogP) is 2.13. The topological polar surface area (TPSA) is 38.3 Å². The molecule has 0 bridgehead atoms. The standard InChI is InChI=1S/C14H17NO2/c1-9-11(10-3-2-6-15-7-10)4-5-12-13(9)8-17-14(12)16/h4-5,10,15H,2-3,6-8H2,1H3. The second-order valence-electron chi connectivity index (χ2n) is 4.93. The van der Waals surface area contributed by atoms with E-state index in [-0.39, 0.29) is 5.97 Å². The minimum absolute atomic E-state index is 0.170. The largest absolute Gasteiger partial charge is 0.457 e. The fourth-order valence-corrected chi connectivity index (χ4v) is 2.93. The van der Waals surface area contributed by atoms with E-state index in [4.69, 9.17) is 4.74 Å². The van der Waals surface area contributed by atoms with Gasteiger partial charge < -0.3 is 10.1 Å². The average molecular weight is 231 g/mol. The zero-order valence-corrected chi connectivity index (χ0v) is 10.1. The van der Waals surface area contributed by atoms with Crippen LogP contribution >= 0.6 is 0 Å². The molecular weight excluding hydrogens is 214 g/mol. The number of ether oxygens (including phenoxy) is 1. The third-order valence-corrected chi connectivity index (χ3v) is 3.94. The van der Waals surface area contributed by atoms with Crippen molar-refractivity contribution in [3.63, 3.8) is 0 Å². The molecule has 0 amide bonds. The number of esters is 1. The molecule has 1 fully saturated rings. The Morgan fingerprint density at radius 3 is 3.06 bits per heavy atom. The van der Waals surface area contributed by atoms with Crippen LogP contribution in [-0.2, 0) is 11.3 Å². The third-order valence-electron chi connectivity index (χ3n) is 3.94. The lowest BCUT2D eigenvalue weighted by Gasteiger charge is -2.25. The Morgan fingerprint density at radius 1 is 1.41 bits per heavy atom. The van der Waals surface area contributed by atoms with Gasteiger partial charge in [0.15, 0.2) is 0 Å². The number of carbonyl (C=O) groups is 1. The summed E-state index contributed by atoms with van der Waals surface area (Å²) >= 11 is 0. The lowest BCUT2D eigenvalue weighted by atomic mass is 9.86. The van der Waals surface area contributed by atoms with E-state index >= 15 is 0 Å². The van der Waals surface area contributed by atoms with Crippen molar-refractivity contribution in [2.45, 2.75) is 32.3 Å². The molecule has 1 saturated heterocycles. The second kappa shape index (κ2) is 4.15. The Balaban J connectivity index is 1.99. The minimum Gasteiger partial charge on any atom is -0.457 e. The van der Waals surface area contributed by atoms with Crippen molar-refractivity contribution in [3.05, 3.63) is 34.4 Å². The molecule has 0 aromatic heterocycles. The number of hydrogen-bond donors (Lipinski definition) is 1. The fourth-order valence-electron chi connectivity index (χ4n) is 2.93. The van der Waals surface area contributed by atoms with Gasteiger partial charge in [-0.2, -0.15) is 0 Å². The summed E-state index contributed by atoms with van der Waals surface area (Å²) in [4.78, 5) is 11.5. The number of carbonyl (C=O) groups excluding carboxylic acids is 1. The molecule has 3 nitrogen and oxygen atoms in total. The van der Waals surface area contributed by atoms with Crippen LogP contribution in [0.3, 0.4) is 0 Å². The molecule has 2 aliphatic rings. The van der Waals surface area contributed by atoms with Gasteiger partial charge in [-0.05, 0) is 49.4 Å². The Kier molecular flexibility index (Phi) is 2.63. The summed E-state index contributed by atoms with van der Waals surface area (Å²) in [5, 5.41) is 3.44. The number of piperidine rings is 1. The van der Waals surface area contributed by atoms with Gasteiger partial charge in [-0.1, -0.05) is 6.07 Å². The van der Waals surface area contributed by atoms with Crippen LogP contribution in [0.15, 0.2) is 12.1 Å². The third kappa shape index (κ3) is 1.75. The molecule has 0 aliphatic carbocycles. The van der Waals surface area contributed by atoms with Crippen LogP contribution in [0, 0.1) is 6.92 Å². The fraction of sp³-hybridized carbons (Fsp3) is 0.500. The van der Waals surface area contributed by atoms with Gasteiger partial charge in [-0.3, -0.25) is 0 Å². The molecule has 1 unspecified atom stereocenters. The highest BCUT2D eigenvalue weighted by Crippen LogP contribution is 2.32. The van der Waals surface area contributed by atoms with Gasteiger partial charge in [-0.15, -0.1) is 0 Å². The molecule has 1 atom stereocenters. The summed E-state index contributed by atoms with van der Waals surface area (Å²) in [6.45, 7) is 4.75. The molecule has 0 spiro atoms. The van der Waals surface area contributed by atoms with Crippen molar-refractivity contribution in [1.29, 1.82) is 0 Å². The van der Waals surface area contributed by atoms with E-state index in [0.29, 0.717) is 12.5 Å². The van der Waals surface area contributed by atoms with Crippen LogP contribution in [0.5, 0.6) is 0 Å². The monoisotopic (exact) mass is 231 g/mol. The Morgan fingerprint density at radius 2 is 2.29 bits per heavy atom. The molecule has 3 heteroatoms. The quantitative estimate of drug-likeness (QED) is 0.752. The van der Waals surface area contributed by atoms with Crippen molar-refractivity contribution < 1.29 is 9.53 Å². The van der Waals surface area contributed by atoms with Gasteiger partial charge in [0.2, 0.25) is 0 Å². The van der Waals surface area contributed by atoms with E-state index in [1.54, 1.807) is 0 Å². The highest BCUT2D eigenvalue weighted by molar-refractivity contribution is 5.93. The first-order valence-corrected chi connectivity index (χ1v) is 6.27. The number of cyclic esters (lactones) is 1. The number of hydrogen-bond acceptors (Lipinski definition) is 3. The summed E-state index contributed by atoms with van der Waals surface area (Å²) in [6.07, 6.45) is 2.47. The second-order valence-corrected chi connectivity index (χ2v) is 4.93. The van der Waals surface area contributed by atoms with E-state index < -0.39 is 0 Å². The lowest BCUT2D eigenvalue weighted by Crippen LogP contribution is -2.28. The molecule has 90 valence electrons. The first-order chi connectivity index (χ1) is 8.27. The molecule has 17 heavy (non-hydrogen) atoms. The molecule has 1 aromatic rings. The van der Waals surface area contributed by atoms with Crippen molar-refractivity contribution in [2.75, 3.05) is 13.1 Å². The number of benzene rings is 1. The summed E-state index contributed by atoms with van der Waals surface area (Å²) in [5.74, 6) is 0.418. The maximum absolute atomic E-state index is 11.5.